The van der Waals surface area contributed by atoms with Crippen molar-refractivity contribution in [2.45, 2.75) is 12.6 Å². The number of nitrogens with zero attached hydrogens (tertiary/aromatic N) is 4. The zero-order chi connectivity index (χ0) is 16.2. The zero-order valence-corrected chi connectivity index (χ0v) is 13.3. The van der Waals surface area contributed by atoms with Gasteiger partial charge in [-0.25, -0.2) is 9.67 Å². The Labute approximate surface area is 136 Å². The number of ether oxygens (including phenoxy) is 1. The Balaban J connectivity index is 1.85. The van der Waals surface area contributed by atoms with Gasteiger partial charge in [0.05, 0.1) is 43.0 Å². The summed E-state index contributed by atoms with van der Waals surface area (Å²) in [7, 11) is 1.63. The fraction of sp³-hybridized carbons (Fsp3) is 0.267. The Kier molecular flexibility index (Phi) is 4.65. The third kappa shape index (κ3) is 3.39. The summed E-state index contributed by atoms with van der Waals surface area (Å²) in [5.74, 6) is 0.767. The van der Waals surface area contributed by atoms with E-state index in [-0.39, 0.29) is 13.2 Å². The van der Waals surface area contributed by atoms with E-state index in [1.807, 2.05) is 24.3 Å². The first-order chi connectivity index (χ1) is 11.2. The minimum Gasteiger partial charge on any atom is -0.496 e. The average molecular weight is 332 g/mol. The number of hydrogen-bond acceptors (Lipinski definition) is 7. The predicted molar refractivity (Wildman–Crippen MR) is 86.2 cm³/mol. The van der Waals surface area contributed by atoms with Crippen LogP contribution in [0, 0.1) is 0 Å². The summed E-state index contributed by atoms with van der Waals surface area (Å²) in [4.78, 5) is 5.30. The highest BCUT2D eigenvalue weighted by Crippen LogP contribution is 2.35. The molecular formula is C15H16N4O3S. The molecule has 0 saturated heterocycles. The molecule has 0 bridgehead atoms. The second-order valence-electron chi connectivity index (χ2n) is 4.89. The second kappa shape index (κ2) is 6.86. The van der Waals surface area contributed by atoms with Gasteiger partial charge in [0.2, 0.25) is 0 Å². The predicted octanol–water partition coefficient (Wildman–Crippen LogP) is 1.43. The molecular weight excluding hydrogens is 316 g/mol. The summed E-state index contributed by atoms with van der Waals surface area (Å²) in [6, 6.07) is 7.69. The van der Waals surface area contributed by atoms with Gasteiger partial charge in [-0.05, 0) is 12.1 Å². The highest BCUT2D eigenvalue weighted by atomic mass is 32.1. The smallest absolute Gasteiger partial charge is 0.129 e. The Morgan fingerprint density at radius 2 is 2.17 bits per heavy atom. The van der Waals surface area contributed by atoms with E-state index in [1.54, 1.807) is 19.5 Å². The molecule has 0 radical (unpaired) electrons. The first kappa shape index (κ1) is 15.6. The van der Waals surface area contributed by atoms with Crippen molar-refractivity contribution in [1.29, 1.82) is 0 Å². The van der Waals surface area contributed by atoms with Gasteiger partial charge in [0.25, 0.3) is 0 Å². The fourth-order valence-corrected chi connectivity index (χ4v) is 3.01. The van der Waals surface area contributed by atoms with Crippen LogP contribution >= 0.6 is 11.3 Å². The van der Waals surface area contributed by atoms with Crippen molar-refractivity contribution in [3.8, 4) is 26.9 Å². The van der Waals surface area contributed by atoms with Gasteiger partial charge in [0.1, 0.15) is 16.5 Å². The molecule has 0 spiro atoms. The lowest BCUT2D eigenvalue weighted by molar-refractivity contribution is 0.0778. The molecule has 0 fully saturated rings. The molecule has 0 amide bonds. The zero-order valence-electron chi connectivity index (χ0n) is 12.5. The van der Waals surface area contributed by atoms with Gasteiger partial charge in [-0.3, -0.25) is 0 Å². The molecule has 0 aliphatic heterocycles. The van der Waals surface area contributed by atoms with Crippen LogP contribution in [0.5, 0.6) is 5.75 Å². The Bertz CT molecular complexity index is 786. The van der Waals surface area contributed by atoms with E-state index < -0.39 is 6.10 Å². The molecule has 0 saturated carbocycles. The van der Waals surface area contributed by atoms with Gasteiger partial charge in [-0.2, -0.15) is 0 Å². The van der Waals surface area contributed by atoms with Crippen molar-refractivity contribution in [3.05, 3.63) is 36.7 Å². The van der Waals surface area contributed by atoms with E-state index in [9.17, 15) is 5.11 Å². The largest absolute Gasteiger partial charge is 0.496 e. The van der Waals surface area contributed by atoms with Crippen LogP contribution in [-0.4, -0.2) is 50.0 Å². The maximum atomic E-state index is 9.44. The van der Waals surface area contributed by atoms with Gasteiger partial charge in [-0.15, -0.1) is 16.4 Å². The van der Waals surface area contributed by atoms with Crippen LogP contribution in [0.2, 0.25) is 0 Å². The number of aliphatic hydroxyl groups excluding tert-OH is 2. The maximum Gasteiger partial charge on any atom is 0.129 e. The van der Waals surface area contributed by atoms with Crippen molar-refractivity contribution < 1.29 is 14.9 Å². The van der Waals surface area contributed by atoms with Crippen LogP contribution < -0.4 is 4.74 Å². The average Bonchev–Trinajstić information content (AvgIpc) is 3.23. The standard InChI is InChI=1S/C15H16N4O3S/c1-22-13-5-3-2-4-11(13)15-16-6-14(23-15)12-8-19(18-17-12)7-10(21)9-20/h2-6,8,10,20-21H,7,9H2,1H3/t10-/m1/s1. The van der Waals surface area contributed by atoms with Crippen LogP contribution in [0.15, 0.2) is 36.7 Å². The molecule has 2 heterocycles. The second-order valence-corrected chi connectivity index (χ2v) is 5.92. The van der Waals surface area contributed by atoms with Gasteiger partial charge in [0, 0.05) is 6.20 Å². The molecule has 1 aromatic carbocycles. The molecule has 23 heavy (non-hydrogen) atoms. The minimum absolute atomic E-state index is 0.196. The molecule has 0 aliphatic rings. The normalized spacial score (nSPS) is 12.3. The SMILES string of the molecule is COc1ccccc1-c1ncc(-c2cn(C[C@@H](O)CO)nn2)s1. The number of para-hydroxylation sites is 1. The van der Waals surface area contributed by atoms with E-state index in [0.717, 1.165) is 21.2 Å². The summed E-state index contributed by atoms with van der Waals surface area (Å²) >= 11 is 1.49. The highest BCUT2D eigenvalue weighted by molar-refractivity contribution is 7.18. The van der Waals surface area contributed by atoms with Crippen molar-refractivity contribution in [2.24, 2.45) is 0 Å². The molecule has 1 atom stereocenters. The third-order valence-electron chi connectivity index (χ3n) is 3.24. The minimum atomic E-state index is -0.852. The third-order valence-corrected chi connectivity index (χ3v) is 4.30. The molecule has 3 aromatic rings. The number of rotatable bonds is 6. The maximum absolute atomic E-state index is 9.44. The molecule has 7 nitrogen and oxygen atoms in total. The summed E-state index contributed by atoms with van der Waals surface area (Å²) in [5.41, 5.74) is 1.60. The van der Waals surface area contributed by atoms with E-state index in [0.29, 0.717) is 5.69 Å². The lowest BCUT2D eigenvalue weighted by atomic mass is 10.2. The van der Waals surface area contributed by atoms with Crippen LogP contribution in [-0.2, 0) is 6.54 Å². The monoisotopic (exact) mass is 332 g/mol. The molecule has 2 aromatic heterocycles. The van der Waals surface area contributed by atoms with Gasteiger partial charge >= 0.3 is 0 Å². The Morgan fingerprint density at radius 1 is 1.35 bits per heavy atom. The summed E-state index contributed by atoms with van der Waals surface area (Å²) < 4.78 is 6.86. The van der Waals surface area contributed by atoms with E-state index in [1.165, 1.54) is 16.0 Å². The number of thiazole rings is 1. The number of aliphatic hydroxyl groups is 2. The van der Waals surface area contributed by atoms with Gasteiger partial charge < -0.3 is 14.9 Å². The molecule has 0 aliphatic carbocycles. The van der Waals surface area contributed by atoms with Crippen molar-refractivity contribution in [3.63, 3.8) is 0 Å². The Hall–Kier alpha value is -2.29. The first-order valence-corrected chi connectivity index (χ1v) is 7.81. The lowest BCUT2D eigenvalue weighted by Crippen LogP contribution is -2.20. The van der Waals surface area contributed by atoms with E-state index in [4.69, 9.17) is 9.84 Å². The topological polar surface area (TPSA) is 93.3 Å². The summed E-state index contributed by atoms with van der Waals surface area (Å²) in [6.07, 6.45) is 2.61. The number of benzene rings is 1. The van der Waals surface area contributed by atoms with Crippen molar-refractivity contribution >= 4 is 11.3 Å². The van der Waals surface area contributed by atoms with Crippen molar-refractivity contribution in [1.82, 2.24) is 20.0 Å². The highest BCUT2D eigenvalue weighted by Gasteiger charge is 2.13. The van der Waals surface area contributed by atoms with Crippen LogP contribution in [0.3, 0.4) is 0 Å². The van der Waals surface area contributed by atoms with Crippen LogP contribution in [0.4, 0.5) is 0 Å². The lowest BCUT2D eigenvalue weighted by Gasteiger charge is -2.04. The molecule has 2 N–H and O–H groups in total. The van der Waals surface area contributed by atoms with E-state index in [2.05, 4.69) is 15.3 Å². The molecule has 3 rings (SSSR count). The Morgan fingerprint density at radius 3 is 2.96 bits per heavy atom. The van der Waals surface area contributed by atoms with Crippen molar-refractivity contribution in [2.75, 3.05) is 13.7 Å². The number of hydrogen-bond donors (Lipinski definition) is 2. The first-order valence-electron chi connectivity index (χ1n) is 7.00. The molecule has 120 valence electrons. The number of methoxy groups -OCH3 is 1. The van der Waals surface area contributed by atoms with Gasteiger partial charge in [-0.1, -0.05) is 17.3 Å². The van der Waals surface area contributed by atoms with Crippen LogP contribution in [0.25, 0.3) is 21.1 Å². The fourth-order valence-electron chi connectivity index (χ4n) is 2.11. The summed E-state index contributed by atoms with van der Waals surface area (Å²) in [6.45, 7) is -0.116. The number of aromatic nitrogens is 4. The van der Waals surface area contributed by atoms with Crippen LogP contribution in [0.1, 0.15) is 0 Å². The van der Waals surface area contributed by atoms with Gasteiger partial charge in [0.15, 0.2) is 0 Å². The molecule has 8 heteroatoms. The summed E-state index contributed by atoms with van der Waals surface area (Å²) in [5, 5.41) is 27.2. The van der Waals surface area contributed by atoms with E-state index >= 15 is 0 Å². The molecule has 0 unspecified atom stereocenters. The quantitative estimate of drug-likeness (QED) is 0.709.